The van der Waals surface area contributed by atoms with Crippen molar-refractivity contribution in [3.05, 3.63) is 76.5 Å². The van der Waals surface area contributed by atoms with Crippen LogP contribution in [0.3, 0.4) is 0 Å². The number of ether oxygens (including phenoxy) is 1. The first kappa shape index (κ1) is 23.5. The van der Waals surface area contributed by atoms with Gasteiger partial charge in [-0.15, -0.1) is 0 Å². The first-order valence-electron chi connectivity index (χ1n) is 12.2. The lowest BCUT2D eigenvalue weighted by molar-refractivity contribution is -0.134. The van der Waals surface area contributed by atoms with Gasteiger partial charge in [-0.1, -0.05) is 30.3 Å². The third-order valence-corrected chi connectivity index (χ3v) is 7.73. The van der Waals surface area contributed by atoms with Gasteiger partial charge in [-0.05, 0) is 80.8 Å². The fraction of sp³-hybridized carbons (Fsp3) is 0.393. The molecule has 0 bridgehead atoms. The van der Waals surface area contributed by atoms with E-state index in [9.17, 15) is 14.8 Å². The largest absolute Gasteiger partial charge is 0.375 e. The minimum atomic E-state index is -0.521. The molecule has 5 rings (SSSR count). The second-order valence-electron chi connectivity index (χ2n) is 9.90. The summed E-state index contributed by atoms with van der Waals surface area (Å²) in [6, 6.07) is 15.4. The van der Waals surface area contributed by atoms with Crippen LogP contribution in [0, 0.1) is 19.8 Å². The Kier molecular flexibility index (Phi) is 6.30. The molecule has 0 unspecified atom stereocenters. The van der Waals surface area contributed by atoms with E-state index < -0.39 is 11.8 Å². The lowest BCUT2D eigenvalue weighted by atomic mass is 9.95. The minimum absolute atomic E-state index is 0.228. The van der Waals surface area contributed by atoms with Crippen LogP contribution >= 0.6 is 0 Å². The van der Waals surface area contributed by atoms with E-state index >= 15 is 0 Å². The van der Waals surface area contributed by atoms with Gasteiger partial charge < -0.3 is 10.1 Å². The van der Waals surface area contributed by atoms with Crippen molar-refractivity contribution in [3.63, 3.8) is 0 Å². The zero-order valence-electron chi connectivity index (χ0n) is 20.1. The van der Waals surface area contributed by atoms with Gasteiger partial charge in [-0.2, -0.15) is 0 Å². The maximum absolute atomic E-state index is 13.0. The van der Waals surface area contributed by atoms with Crippen LogP contribution in [-0.4, -0.2) is 40.3 Å². The number of hydroxylamine groups is 1. The number of aryl methyl sites for hydroxylation is 1. The highest BCUT2D eigenvalue weighted by Gasteiger charge is 2.51. The van der Waals surface area contributed by atoms with Gasteiger partial charge in [0.15, 0.2) is 0 Å². The summed E-state index contributed by atoms with van der Waals surface area (Å²) in [5.74, 6) is -1.23. The SMILES string of the molecule is Cc1nc2ccccc2c(Cc2ccc(C(=O)N[C@@H]3C[C@@]4(CCCO4)C[C@@H]3C(=O)NO)cc2)c1C. The number of fused-ring (bicyclic) bond motifs is 1. The Morgan fingerprint density at radius 3 is 2.60 bits per heavy atom. The molecule has 35 heavy (non-hydrogen) atoms. The third kappa shape index (κ3) is 4.54. The van der Waals surface area contributed by atoms with Crippen molar-refractivity contribution in [3.8, 4) is 0 Å². The molecule has 1 spiro atoms. The molecule has 2 fully saturated rings. The molecule has 3 aromatic rings. The Morgan fingerprint density at radius 1 is 1.11 bits per heavy atom. The zero-order chi connectivity index (χ0) is 24.6. The summed E-state index contributed by atoms with van der Waals surface area (Å²) in [4.78, 5) is 30.0. The summed E-state index contributed by atoms with van der Waals surface area (Å²) < 4.78 is 5.95. The summed E-state index contributed by atoms with van der Waals surface area (Å²) >= 11 is 0. The van der Waals surface area contributed by atoms with Gasteiger partial charge in [-0.25, -0.2) is 5.48 Å². The average Bonchev–Trinajstić information content (AvgIpc) is 3.48. The van der Waals surface area contributed by atoms with Crippen LogP contribution in [0.25, 0.3) is 10.9 Å². The van der Waals surface area contributed by atoms with Gasteiger partial charge in [0.1, 0.15) is 0 Å². The van der Waals surface area contributed by atoms with Crippen LogP contribution in [0.5, 0.6) is 0 Å². The molecule has 1 aliphatic carbocycles. The van der Waals surface area contributed by atoms with Gasteiger partial charge in [0.2, 0.25) is 5.91 Å². The molecule has 1 aromatic heterocycles. The summed E-state index contributed by atoms with van der Waals surface area (Å²) in [6.45, 7) is 4.81. The van der Waals surface area contributed by atoms with Crippen molar-refractivity contribution >= 4 is 22.7 Å². The standard InChI is InChI=1S/C28H31N3O4/c1-17-18(2)29-24-7-4-3-6-21(24)22(17)14-19-8-10-20(11-9-19)26(32)30-25-16-28(12-5-13-35-28)15-23(25)27(33)31-34/h3-4,6-11,23,25,34H,5,12-16H2,1-2H3,(H,30,32)(H,31,33)/t23-,25+,28+/m0/s1. The number of hydrogen-bond acceptors (Lipinski definition) is 5. The molecular weight excluding hydrogens is 442 g/mol. The van der Waals surface area contributed by atoms with Crippen molar-refractivity contribution in [2.75, 3.05) is 6.61 Å². The molecule has 7 nitrogen and oxygen atoms in total. The molecular formula is C28H31N3O4. The first-order valence-corrected chi connectivity index (χ1v) is 12.2. The summed E-state index contributed by atoms with van der Waals surface area (Å²) in [5, 5.41) is 13.4. The summed E-state index contributed by atoms with van der Waals surface area (Å²) in [7, 11) is 0. The fourth-order valence-electron chi connectivity index (χ4n) is 5.73. The Bertz CT molecular complexity index is 1270. The third-order valence-electron chi connectivity index (χ3n) is 7.73. The van der Waals surface area contributed by atoms with Crippen LogP contribution in [0.4, 0.5) is 0 Å². The monoisotopic (exact) mass is 473 g/mol. The molecule has 1 saturated heterocycles. The zero-order valence-corrected chi connectivity index (χ0v) is 20.1. The lowest BCUT2D eigenvalue weighted by Gasteiger charge is -2.22. The number of nitrogens with zero attached hydrogens (tertiary/aromatic N) is 1. The van der Waals surface area contributed by atoms with E-state index in [1.165, 1.54) is 11.1 Å². The molecule has 3 N–H and O–H groups in total. The molecule has 182 valence electrons. The molecule has 7 heteroatoms. The molecule has 2 heterocycles. The molecule has 2 aromatic carbocycles. The average molecular weight is 474 g/mol. The highest BCUT2D eigenvalue weighted by atomic mass is 16.5. The number of rotatable bonds is 5. The molecule has 1 aliphatic heterocycles. The predicted octanol–water partition coefficient (Wildman–Crippen LogP) is 4.01. The normalized spacial score (nSPS) is 23.6. The maximum Gasteiger partial charge on any atom is 0.251 e. The van der Waals surface area contributed by atoms with Crippen molar-refractivity contribution in [1.82, 2.24) is 15.8 Å². The number of benzene rings is 2. The minimum Gasteiger partial charge on any atom is -0.375 e. The molecule has 1 saturated carbocycles. The van der Waals surface area contributed by atoms with E-state index in [2.05, 4.69) is 18.3 Å². The van der Waals surface area contributed by atoms with Crippen LogP contribution in [0.15, 0.2) is 48.5 Å². The van der Waals surface area contributed by atoms with Crippen molar-refractivity contribution in [2.45, 2.75) is 57.6 Å². The van der Waals surface area contributed by atoms with E-state index in [4.69, 9.17) is 9.72 Å². The predicted molar refractivity (Wildman–Crippen MR) is 132 cm³/mol. The van der Waals surface area contributed by atoms with Gasteiger partial charge >= 0.3 is 0 Å². The van der Waals surface area contributed by atoms with Crippen LogP contribution in [0.2, 0.25) is 0 Å². The Labute approximate surface area is 204 Å². The highest BCUT2D eigenvalue weighted by Crippen LogP contribution is 2.44. The van der Waals surface area contributed by atoms with E-state index in [-0.39, 0.29) is 17.6 Å². The lowest BCUT2D eigenvalue weighted by Crippen LogP contribution is -2.43. The van der Waals surface area contributed by atoms with E-state index in [0.717, 1.165) is 41.4 Å². The fourth-order valence-corrected chi connectivity index (χ4v) is 5.73. The van der Waals surface area contributed by atoms with Gasteiger partial charge in [0, 0.05) is 29.3 Å². The van der Waals surface area contributed by atoms with E-state index in [1.54, 1.807) is 5.48 Å². The number of carbonyl (C=O) groups excluding carboxylic acids is 2. The maximum atomic E-state index is 13.0. The number of nitrogens with one attached hydrogen (secondary N) is 2. The number of hydrogen-bond donors (Lipinski definition) is 3. The smallest absolute Gasteiger partial charge is 0.251 e. The second kappa shape index (κ2) is 9.40. The molecule has 3 atom stereocenters. The molecule has 2 aliphatic rings. The summed E-state index contributed by atoms with van der Waals surface area (Å²) in [5.41, 5.74) is 7.46. The van der Waals surface area contributed by atoms with Gasteiger partial charge in [-0.3, -0.25) is 19.8 Å². The van der Waals surface area contributed by atoms with Crippen LogP contribution < -0.4 is 10.8 Å². The Morgan fingerprint density at radius 2 is 1.89 bits per heavy atom. The molecule has 2 amide bonds. The number of pyridine rings is 1. The van der Waals surface area contributed by atoms with E-state index in [0.29, 0.717) is 25.0 Å². The number of aromatic nitrogens is 1. The van der Waals surface area contributed by atoms with Crippen molar-refractivity contribution in [1.29, 1.82) is 0 Å². The van der Waals surface area contributed by atoms with Gasteiger partial charge in [0.05, 0.1) is 17.0 Å². The number of para-hydroxylation sites is 1. The first-order chi connectivity index (χ1) is 16.9. The second-order valence-corrected chi connectivity index (χ2v) is 9.90. The van der Waals surface area contributed by atoms with E-state index in [1.807, 2.05) is 49.4 Å². The highest BCUT2D eigenvalue weighted by molar-refractivity contribution is 5.95. The molecule has 0 radical (unpaired) electrons. The summed E-state index contributed by atoms with van der Waals surface area (Å²) in [6.07, 6.45) is 3.64. The van der Waals surface area contributed by atoms with Crippen molar-refractivity contribution < 1.29 is 19.5 Å². The number of amides is 2. The topological polar surface area (TPSA) is 101 Å². The number of carbonyl (C=O) groups is 2. The quantitative estimate of drug-likeness (QED) is 0.384. The van der Waals surface area contributed by atoms with Gasteiger partial charge in [0.25, 0.3) is 5.91 Å². The Balaban J connectivity index is 1.32. The van der Waals surface area contributed by atoms with Crippen LogP contribution in [0.1, 0.15) is 58.4 Å². The van der Waals surface area contributed by atoms with Crippen LogP contribution in [-0.2, 0) is 16.0 Å². The Hall–Kier alpha value is -3.29. The van der Waals surface area contributed by atoms with Crippen molar-refractivity contribution in [2.24, 2.45) is 5.92 Å².